The number of anilines is 1. The van der Waals surface area contributed by atoms with E-state index in [-0.39, 0.29) is 17.5 Å². The number of nitrogens with one attached hydrogen (secondary N) is 2. The van der Waals surface area contributed by atoms with Crippen LogP contribution in [0.3, 0.4) is 0 Å². The molecule has 0 saturated carbocycles. The van der Waals surface area contributed by atoms with Gasteiger partial charge in [-0.05, 0) is 61.2 Å². The van der Waals surface area contributed by atoms with Gasteiger partial charge in [0.25, 0.3) is 5.91 Å². The van der Waals surface area contributed by atoms with E-state index in [0.717, 1.165) is 36.8 Å². The predicted octanol–water partition coefficient (Wildman–Crippen LogP) is 2.96. The summed E-state index contributed by atoms with van der Waals surface area (Å²) >= 11 is 1.15. The Kier molecular flexibility index (Phi) is 6.18. The monoisotopic (exact) mass is 533 g/mol. The van der Waals surface area contributed by atoms with E-state index >= 15 is 0 Å². The predicted molar refractivity (Wildman–Crippen MR) is 134 cm³/mol. The molecule has 5 rings (SSSR count). The highest BCUT2D eigenvalue weighted by atomic mass is 32.1. The van der Waals surface area contributed by atoms with Crippen molar-refractivity contribution in [3.05, 3.63) is 57.5 Å². The second-order valence-corrected chi connectivity index (χ2v) is 10.5. The highest BCUT2D eigenvalue weighted by Crippen LogP contribution is 2.50. The molecular weight excluding hydrogens is 507 g/mol. The van der Waals surface area contributed by atoms with Gasteiger partial charge in [0.15, 0.2) is 5.78 Å². The molecule has 2 aliphatic rings. The van der Waals surface area contributed by atoms with Crippen LogP contribution < -0.4 is 32.6 Å². The third-order valence-corrected chi connectivity index (χ3v) is 8.26. The molecule has 1 fully saturated rings. The quantitative estimate of drug-likeness (QED) is 0.324. The van der Waals surface area contributed by atoms with Gasteiger partial charge in [-0.25, -0.2) is 0 Å². The molecule has 0 spiro atoms. The number of benzene rings is 2. The van der Waals surface area contributed by atoms with Gasteiger partial charge in [-0.2, -0.15) is 0 Å². The SMILES string of the molecule is Cc1cc(OC(F)(F)F)ccc1C1(N)C(=O)C(N)c2c(C(=O)NC3CCCNC3)sc3c(N)ccc1c23. The van der Waals surface area contributed by atoms with Crippen LogP contribution in [0.1, 0.15) is 50.8 Å². The maximum Gasteiger partial charge on any atom is 0.573 e. The molecule has 37 heavy (non-hydrogen) atoms. The average Bonchev–Trinajstić information content (AvgIpc) is 3.24. The van der Waals surface area contributed by atoms with Gasteiger partial charge in [0, 0.05) is 29.2 Å². The zero-order valence-corrected chi connectivity index (χ0v) is 20.7. The van der Waals surface area contributed by atoms with Crippen LogP contribution in [0.25, 0.3) is 10.1 Å². The van der Waals surface area contributed by atoms with Crippen molar-refractivity contribution in [2.45, 2.75) is 43.8 Å². The van der Waals surface area contributed by atoms with Crippen molar-refractivity contribution in [3.8, 4) is 5.75 Å². The van der Waals surface area contributed by atoms with Gasteiger partial charge >= 0.3 is 6.36 Å². The number of piperidine rings is 1. The second kappa shape index (κ2) is 8.98. The molecule has 1 aliphatic heterocycles. The fourth-order valence-corrected chi connectivity index (χ4v) is 6.53. The smallest absolute Gasteiger partial charge is 0.406 e. The second-order valence-electron chi connectivity index (χ2n) is 9.44. The molecule has 2 aromatic carbocycles. The number of nitrogen functional groups attached to an aromatic ring is 1. The molecule has 1 aliphatic carbocycles. The minimum Gasteiger partial charge on any atom is -0.406 e. The van der Waals surface area contributed by atoms with Crippen LogP contribution in [0.2, 0.25) is 0 Å². The molecule has 8 N–H and O–H groups in total. The summed E-state index contributed by atoms with van der Waals surface area (Å²) in [5, 5.41) is 6.79. The molecule has 12 heteroatoms. The number of aryl methyl sites for hydroxylation is 1. The zero-order valence-electron chi connectivity index (χ0n) is 19.9. The number of hydrogen-bond donors (Lipinski definition) is 5. The number of halogens is 3. The largest absolute Gasteiger partial charge is 0.573 e. The van der Waals surface area contributed by atoms with Crippen molar-refractivity contribution in [1.29, 1.82) is 0 Å². The zero-order chi connectivity index (χ0) is 26.7. The van der Waals surface area contributed by atoms with Gasteiger partial charge in [-0.1, -0.05) is 12.1 Å². The topological polar surface area (TPSA) is 145 Å². The molecular formula is C25H26F3N5O3S. The van der Waals surface area contributed by atoms with Crippen molar-refractivity contribution in [2.75, 3.05) is 18.8 Å². The Hall–Kier alpha value is -3.19. The van der Waals surface area contributed by atoms with E-state index in [1.54, 1.807) is 19.1 Å². The van der Waals surface area contributed by atoms with Crippen LogP contribution in [-0.4, -0.2) is 37.2 Å². The fraction of sp³-hybridized carbons (Fsp3) is 0.360. The molecule has 1 aromatic heterocycles. The molecule has 3 unspecified atom stereocenters. The van der Waals surface area contributed by atoms with Crippen molar-refractivity contribution in [2.24, 2.45) is 11.5 Å². The van der Waals surface area contributed by atoms with E-state index in [2.05, 4.69) is 15.4 Å². The van der Waals surface area contributed by atoms with Crippen LogP contribution in [0.5, 0.6) is 5.75 Å². The Morgan fingerprint density at radius 3 is 2.62 bits per heavy atom. The Bertz CT molecular complexity index is 1420. The number of nitrogens with two attached hydrogens (primary N) is 3. The van der Waals surface area contributed by atoms with Crippen molar-refractivity contribution in [1.82, 2.24) is 10.6 Å². The minimum absolute atomic E-state index is 0.0559. The summed E-state index contributed by atoms with van der Waals surface area (Å²) in [6, 6.07) is 5.53. The van der Waals surface area contributed by atoms with Gasteiger partial charge in [-0.3, -0.25) is 9.59 Å². The molecule has 2 heterocycles. The van der Waals surface area contributed by atoms with Gasteiger partial charge < -0.3 is 32.6 Å². The number of ether oxygens (including phenoxy) is 1. The number of Topliss-reactive ketones (excluding diaryl/α,β-unsaturated/α-hetero) is 1. The Balaban J connectivity index is 1.64. The van der Waals surface area contributed by atoms with Crippen LogP contribution in [-0.2, 0) is 10.3 Å². The number of carbonyl (C=O) groups is 2. The van der Waals surface area contributed by atoms with E-state index in [0.29, 0.717) is 43.9 Å². The van der Waals surface area contributed by atoms with E-state index < -0.39 is 29.5 Å². The van der Waals surface area contributed by atoms with Crippen LogP contribution >= 0.6 is 11.3 Å². The number of amides is 1. The summed E-state index contributed by atoms with van der Waals surface area (Å²) in [4.78, 5) is 27.5. The molecule has 196 valence electrons. The summed E-state index contributed by atoms with van der Waals surface area (Å²) in [6.45, 7) is 3.07. The standard InChI is InChI=1S/C25H26F3N5O3S/c1-11-9-13(36-25(26,27)28)4-5-14(11)24(31)15-6-7-16(29)20-17(15)18(19(30)22(24)34)21(37-20)23(35)33-12-3-2-8-32-10-12/h4-7,9,12,19,32H,2-3,8,10,29-31H2,1H3,(H,33,35). The molecule has 1 amide bonds. The number of carbonyl (C=O) groups excluding carboxylic acids is 2. The van der Waals surface area contributed by atoms with Crippen LogP contribution in [0.4, 0.5) is 18.9 Å². The summed E-state index contributed by atoms with van der Waals surface area (Å²) in [7, 11) is 0. The van der Waals surface area contributed by atoms with E-state index in [9.17, 15) is 22.8 Å². The lowest BCUT2D eigenvalue weighted by molar-refractivity contribution is -0.274. The summed E-state index contributed by atoms with van der Waals surface area (Å²) < 4.78 is 42.8. The fourth-order valence-electron chi connectivity index (χ4n) is 5.33. The highest BCUT2D eigenvalue weighted by molar-refractivity contribution is 7.21. The van der Waals surface area contributed by atoms with Crippen LogP contribution in [0, 0.1) is 6.92 Å². The first-order chi connectivity index (χ1) is 17.4. The first-order valence-corrected chi connectivity index (χ1v) is 12.6. The molecule has 3 atom stereocenters. The van der Waals surface area contributed by atoms with Crippen LogP contribution in [0.15, 0.2) is 30.3 Å². The maximum atomic E-state index is 13.8. The number of hydrogen-bond acceptors (Lipinski definition) is 8. The molecule has 0 radical (unpaired) electrons. The molecule has 8 nitrogen and oxygen atoms in total. The third kappa shape index (κ3) is 4.23. The van der Waals surface area contributed by atoms with Gasteiger partial charge in [0.05, 0.1) is 15.6 Å². The van der Waals surface area contributed by atoms with E-state index in [4.69, 9.17) is 17.2 Å². The lowest BCUT2D eigenvalue weighted by Gasteiger charge is -2.37. The molecule has 1 saturated heterocycles. The number of ketones is 1. The Morgan fingerprint density at radius 1 is 1.24 bits per heavy atom. The van der Waals surface area contributed by atoms with Gasteiger partial charge in [0.1, 0.15) is 11.3 Å². The normalized spacial score (nSPS) is 23.8. The van der Waals surface area contributed by atoms with E-state index in [1.807, 2.05) is 0 Å². The molecule has 3 aromatic rings. The van der Waals surface area contributed by atoms with Crippen molar-refractivity contribution < 1.29 is 27.5 Å². The number of alkyl halides is 3. The molecule has 0 bridgehead atoms. The maximum absolute atomic E-state index is 13.8. The third-order valence-electron chi connectivity index (χ3n) is 7.01. The van der Waals surface area contributed by atoms with Crippen molar-refractivity contribution >= 4 is 38.8 Å². The highest BCUT2D eigenvalue weighted by Gasteiger charge is 2.49. The summed E-state index contributed by atoms with van der Waals surface area (Å²) in [5.74, 6) is -1.35. The number of thiophene rings is 1. The average molecular weight is 534 g/mol. The Morgan fingerprint density at radius 2 is 1.97 bits per heavy atom. The van der Waals surface area contributed by atoms with Gasteiger partial charge in [-0.15, -0.1) is 24.5 Å². The lowest BCUT2D eigenvalue weighted by atomic mass is 9.69. The first kappa shape index (κ1) is 25.5. The van der Waals surface area contributed by atoms with Crippen molar-refractivity contribution in [3.63, 3.8) is 0 Å². The van der Waals surface area contributed by atoms with Gasteiger partial charge in [0.2, 0.25) is 0 Å². The summed E-state index contributed by atoms with van der Waals surface area (Å²) in [5.41, 5.74) is 19.5. The van der Waals surface area contributed by atoms with E-state index in [1.165, 1.54) is 12.1 Å². The number of rotatable bonds is 4. The first-order valence-electron chi connectivity index (χ1n) is 11.7. The Labute approximate surface area is 214 Å². The minimum atomic E-state index is -4.86. The lowest BCUT2D eigenvalue weighted by Crippen LogP contribution is -2.53. The summed E-state index contributed by atoms with van der Waals surface area (Å²) in [6.07, 6.45) is -3.10.